The van der Waals surface area contributed by atoms with Crippen LogP contribution in [0.2, 0.25) is 0 Å². The van der Waals surface area contributed by atoms with E-state index < -0.39 is 0 Å². The van der Waals surface area contributed by atoms with Crippen LogP contribution in [0.15, 0.2) is 35.7 Å². The zero-order valence-corrected chi connectivity index (χ0v) is 14.6. The number of benzene rings is 1. The van der Waals surface area contributed by atoms with Crippen molar-refractivity contribution in [3.63, 3.8) is 0 Å². The molecule has 2 amide bonds. The first-order chi connectivity index (χ1) is 11.0. The summed E-state index contributed by atoms with van der Waals surface area (Å²) in [5.41, 5.74) is 0.597. The topological polar surface area (TPSA) is 59.6 Å². The number of urea groups is 1. The first-order valence-electron chi connectivity index (χ1n) is 7.38. The highest BCUT2D eigenvalue weighted by molar-refractivity contribution is 7.10. The van der Waals surface area contributed by atoms with Crippen molar-refractivity contribution in [2.75, 3.05) is 19.5 Å². The number of amides is 2. The quantitative estimate of drug-likeness (QED) is 0.829. The zero-order valence-electron chi connectivity index (χ0n) is 13.8. The molecule has 5 nitrogen and oxygen atoms in total. The lowest BCUT2D eigenvalue weighted by atomic mass is 10.0. The molecule has 1 heterocycles. The van der Waals surface area contributed by atoms with Gasteiger partial charge in [-0.25, -0.2) is 4.79 Å². The van der Waals surface area contributed by atoms with Crippen molar-refractivity contribution in [1.82, 2.24) is 5.32 Å². The minimum Gasteiger partial charge on any atom is -0.497 e. The van der Waals surface area contributed by atoms with E-state index >= 15 is 0 Å². The van der Waals surface area contributed by atoms with Crippen molar-refractivity contribution >= 4 is 23.1 Å². The molecule has 0 aliphatic heterocycles. The maximum Gasteiger partial charge on any atom is 0.319 e. The Hall–Kier alpha value is -2.21. The molecule has 1 aromatic heterocycles. The van der Waals surface area contributed by atoms with Crippen LogP contribution in [0.1, 0.15) is 24.8 Å². The standard InChI is InChI=1S/C17H22N2O3S/c1-11(2)16(15-6-5-9-23-15)19-17(20)18-13-8-7-12(21-3)10-14(13)22-4/h5-11,16H,1-4H3,(H2,18,19,20)/t16-/m0/s1. The smallest absolute Gasteiger partial charge is 0.319 e. The van der Waals surface area contributed by atoms with Gasteiger partial charge >= 0.3 is 6.03 Å². The molecule has 124 valence electrons. The van der Waals surface area contributed by atoms with Crippen LogP contribution in [0.5, 0.6) is 11.5 Å². The van der Waals surface area contributed by atoms with Gasteiger partial charge in [-0.3, -0.25) is 0 Å². The summed E-state index contributed by atoms with van der Waals surface area (Å²) in [5.74, 6) is 1.51. The van der Waals surface area contributed by atoms with Gasteiger partial charge in [0.1, 0.15) is 11.5 Å². The van der Waals surface area contributed by atoms with Gasteiger partial charge in [-0.1, -0.05) is 19.9 Å². The van der Waals surface area contributed by atoms with Gasteiger partial charge in [0.25, 0.3) is 0 Å². The number of hydrogen-bond donors (Lipinski definition) is 2. The molecule has 0 saturated heterocycles. The fraction of sp³-hybridized carbons (Fsp3) is 0.353. The molecule has 2 N–H and O–H groups in total. The molecule has 1 aromatic carbocycles. The number of anilines is 1. The molecule has 2 aromatic rings. The van der Waals surface area contributed by atoms with E-state index in [1.165, 1.54) is 0 Å². The van der Waals surface area contributed by atoms with E-state index in [4.69, 9.17) is 9.47 Å². The molecule has 0 aliphatic carbocycles. The summed E-state index contributed by atoms with van der Waals surface area (Å²) >= 11 is 1.64. The van der Waals surface area contributed by atoms with Gasteiger partial charge < -0.3 is 20.1 Å². The van der Waals surface area contributed by atoms with Crippen LogP contribution in [0.25, 0.3) is 0 Å². The Morgan fingerprint density at radius 2 is 1.96 bits per heavy atom. The SMILES string of the molecule is COc1ccc(NC(=O)N[C@H](c2cccs2)C(C)C)c(OC)c1. The average molecular weight is 334 g/mol. The number of nitrogens with one attached hydrogen (secondary N) is 2. The molecule has 0 bridgehead atoms. The molecule has 6 heteroatoms. The molecule has 0 unspecified atom stereocenters. The Balaban J connectivity index is 2.09. The van der Waals surface area contributed by atoms with Crippen LogP contribution in [-0.4, -0.2) is 20.3 Å². The number of carbonyl (C=O) groups excluding carboxylic acids is 1. The third-order valence-electron chi connectivity index (χ3n) is 3.46. The number of rotatable bonds is 6. The average Bonchev–Trinajstić information content (AvgIpc) is 3.06. The second kappa shape index (κ2) is 7.87. The Morgan fingerprint density at radius 1 is 1.17 bits per heavy atom. The largest absolute Gasteiger partial charge is 0.497 e. The molecule has 0 saturated carbocycles. The molecule has 1 atom stereocenters. The van der Waals surface area contributed by atoms with Crippen LogP contribution < -0.4 is 20.1 Å². The van der Waals surface area contributed by atoms with E-state index in [0.717, 1.165) is 4.88 Å². The lowest BCUT2D eigenvalue weighted by Crippen LogP contribution is -2.34. The highest BCUT2D eigenvalue weighted by Crippen LogP contribution is 2.30. The monoisotopic (exact) mass is 334 g/mol. The van der Waals surface area contributed by atoms with Crippen LogP contribution >= 0.6 is 11.3 Å². The van der Waals surface area contributed by atoms with Crippen molar-refractivity contribution in [2.24, 2.45) is 5.92 Å². The summed E-state index contributed by atoms with van der Waals surface area (Å²) in [7, 11) is 3.14. The first-order valence-corrected chi connectivity index (χ1v) is 8.26. The summed E-state index contributed by atoms with van der Waals surface area (Å²) in [6.45, 7) is 4.16. The highest BCUT2D eigenvalue weighted by Gasteiger charge is 2.20. The molecule has 2 rings (SSSR count). The van der Waals surface area contributed by atoms with Crippen LogP contribution in [0, 0.1) is 5.92 Å². The van der Waals surface area contributed by atoms with E-state index in [-0.39, 0.29) is 18.0 Å². The minimum atomic E-state index is -0.263. The van der Waals surface area contributed by atoms with Crippen LogP contribution in [0.4, 0.5) is 10.5 Å². The van der Waals surface area contributed by atoms with Crippen molar-refractivity contribution < 1.29 is 14.3 Å². The van der Waals surface area contributed by atoms with Gasteiger partial charge in [-0.05, 0) is 29.5 Å². The maximum atomic E-state index is 12.3. The van der Waals surface area contributed by atoms with Crippen molar-refractivity contribution in [1.29, 1.82) is 0 Å². The van der Waals surface area contributed by atoms with Gasteiger partial charge in [-0.2, -0.15) is 0 Å². The van der Waals surface area contributed by atoms with Crippen LogP contribution in [-0.2, 0) is 0 Å². The summed E-state index contributed by atoms with van der Waals surface area (Å²) < 4.78 is 10.4. The molecule has 0 radical (unpaired) electrons. The number of ether oxygens (including phenoxy) is 2. The second-order valence-corrected chi connectivity index (χ2v) is 6.38. The van der Waals surface area contributed by atoms with E-state index in [1.807, 2.05) is 17.5 Å². The number of carbonyl (C=O) groups is 1. The Labute approximate surface area is 140 Å². The Morgan fingerprint density at radius 3 is 2.52 bits per heavy atom. The lowest BCUT2D eigenvalue weighted by molar-refractivity contribution is 0.245. The van der Waals surface area contributed by atoms with E-state index in [2.05, 4.69) is 24.5 Å². The van der Waals surface area contributed by atoms with Gasteiger partial charge in [0.2, 0.25) is 0 Å². The van der Waals surface area contributed by atoms with Crippen molar-refractivity contribution in [2.45, 2.75) is 19.9 Å². The fourth-order valence-electron chi connectivity index (χ4n) is 2.24. The van der Waals surface area contributed by atoms with E-state index in [9.17, 15) is 4.79 Å². The molecule has 0 spiro atoms. The Bertz CT molecular complexity index is 641. The Kier molecular flexibility index (Phi) is 5.87. The maximum absolute atomic E-state index is 12.3. The summed E-state index contributed by atoms with van der Waals surface area (Å²) in [5, 5.41) is 7.87. The molecule has 0 aliphatic rings. The van der Waals surface area contributed by atoms with E-state index in [1.54, 1.807) is 43.8 Å². The molecular weight excluding hydrogens is 312 g/mol. The minimum absolute atomic E-state index is 0.0285. The van der Waals surface area contributed by atoms with Crippen molar-refractivity contribution in [3.8, 4) is 11.5 Å². The van der Waals surface area contributed by atoms with Gasteiger partial charge in [-0.15, -0.1) is 11.3 Å². The summed E-state index contributed by atoms with van der Waals surface area (Å²) in [6, 6.07) is 8.99. The fourth-order valence-corrected chi connectivity index (χ4v) is 3.19. The number of hydrogen-bond acceptors (Lipinski definition) is 4. The highest BCUT2D eigenvalue weighted by atomic mass is 32.1. The first kappa shape index (κ1) is 17.1. The normalized spacial score (nSPS) is 11.9. The number of thiophene rings is 1. The molecule has 23 heavy (non-hydrogen) atoms. The second-order valence-electron chi connectivity index (χ2n) is 5.40. The van der Waals surface area contributed by atoms with Gasteiger partial charge in [0, 0.05) is 10.9 Å². The predicted molar refractivity (Wildman–Crippen MR) is 93.6 cm³/mol. The number of methoxy groups -OCH3 is 2. The third-order valence-corrected chi connectivity index (χ3v) is 4.42. The van der Waals surface area contributed by atoms with Gasteiger partial charge in [0.05, 0.1) is 25.9 Å². The van der Waals surface area contributed by atoms with Gasteiger partial charge in [0.15, 0.2) is 0 Å². The van der Waals surface area contributed by atoms with Crippen molar-refractivity contribution in [3.05, 3.63) is 40.6 Å². The molecular formula is C17H22N2O3S. The summed E-state index contributed by atoms with van der Waals surface area (Å²) in [6.07, 6.45) is 0. The molecule has 0 fully saturated rings. The lowest BCUT2D eigenvalue weighted by Gasteiger charge is -2.22. The zero-order chi connectivity index (χ0) is 16.8. The van der Waals surface area contributed by atoms with E-state index in [0.29, 0.717) is 17.2 Å². The predicted octanol–water partition coefficient (Wildman–Crippen LogP) is 4.28. The summed E-state index contributed by atoms with van der Waals surface area (Å²) in [4.78, 5) is 13.5. The third kappa shape index (κ3) is 4.39. The van der Waals surface area contributed by atoms with Crippen LogP contribution in [0.3, 0.4) is 0 Å².